The van der Waals surface area contributed by atoms with Gasteiger partial charge in [0.1, 0.15) is 17.1 Å². The predicted molar refractivity (Wildman–Crippen MR) is 118 cm³/mol. The summed E-state index contributed by atoms with van der Waals surface area (Å²) in [4.78, 5) is 15.2. The molecule has 3 aromatic rings. The minimum absolute atomic E-state index is 0.0764. The van der Waals surface area contributed by atoms with Crippen molar-refractivity contribution in [2.45, 2.75) is 37.5 Å². The van der Waals surface area contributed by atoms with Gasteiger partial charge in [0.2, 0.25) is 0 Å². The van der Waals surface area contributed by atoms with Crippen molar-refractivity contribution in [1.82, 2.24) is 9.78 Å². The Labute approximate surface area is 189 Å². The molecule has 0 radical (unpaired) electrons. The van der Waals surface area contributed by atoms with E-state index in [1.165, 1.54) is 13.3 Å². The second kappa shape index (κ2) is 8.13. The zero-order valence-electron chi connectivity index (χ0n) is 18.0. The number of nitrogens with zero attached hydrogens (tertiary/aromatic N) is 3. The molecule has 1 N–H and O–H groups in total. The Morgan fingerprint density at radius 2 is 1.91 bits per heavy atom. The van der Waals surface area contributed by atoms with Crippen molar-refractivity contribution in [3.8, 4) is 5.75 Å². The summed E-state index contributed by atoms with van der Waals surface area (Å²) in [7, 11) is 1.48. The summed E-state index contributed by atoms with van der Waals surface area (Å²) in [5.41, 5.74) is 2.56. The number of halogens is 3. The van der Waals surface area contributed by atoms with E-state index >= 15 is 0 Å². The summed E-state index contributed by atoms with van der Waals surface area (Å²) >= 11 is 0. The van der Waals surface area contributed by atoms with Gasteiger partial charge in [-0.2, -0.15) is 18.3 Å². The van der Waals surface area contributed by atoms with Gasteiger partial charge in [0.25, 0.3) is 5.91 Å². The number of nitrogens with one attached hydrogen (secondary N) is 1. The van der Waals surface area contributed by atoms with Crippen molar-refractivity contribution in [3.63, 3.8) is 0 Å². The SMILES string of the molecule is COc1ccccc1[C@H]1C[C@@H](C(F)(F)F)n2ncc(C(=O)N3CCCc4ccccc43)c2N1. The van der Waals surface area contributed by atoms with E-state index in [2.05, 4.69) is 10.4 Å². The van der Waals surface area contributed by atoms with E-state index in [1.807, 2.05) is 24.3 Å². The Morgan fingerprint density at radius 1 is 1.15 bits per heavy atom. The number of fused-ring (bicyclic) bond motifs is 2. The Hall–Kier alpha value is -3.49. The molecule has 2 aromatic carbocycles. The first-order valence-electron chi connectivity index (χ1n) is 10.8. The van der Waals surface area contributed by atoms with Gasteiger partial charge in [-0.05, 0) is 30.5 Å². The molecule has 1 amide bonds. The number of benzene rings is 2. The quantitative estimate of drug-likeness (QED) is 0.593. The molecule has 33 heavy (non-hydrogen) atoms. The highest BCUT2D eigenvalue weighted by Gasteiger charge is 2.48. The molecule has 3 heterocycles. The lowest BCUT2D eigenvalue weighted by atomic mass is 9.95. The minimum atomic E-state index is -4.53. The molecule has 1 aromatic heterocycles. The first-order chi connectivity index (χ1) is 15.9. The van der Waals surface area contributed by atoms with Crippen LogP contribution in [0.25, 0.3) is 0 Å². The van der Waals surface area contributed by atoms with Crippen LogP contribution in [0.4, 0.5) is 24.7 Å². The average Bonchev–Trinajstić information content (AvgIpc) is 3.26. The van der Waals surface area contributed by atoms with Crippen LogP contribution < -0.4 is 15.0 Å². The summed E-state index contributed by atoms with van der Waals surface area (Å²) in [5, 5.41) is 7.16. The van der Waals surface area contributed by atoms with Crippen LogP contribution in [0.3, 0.4) is 0 Å². The van der Waals surface area contributed by atoms with E-state index in [0.717, 1.165) is 28.8 Å². The lowest BCUT2D eigenvalue weighted by molar-refractivity contribution is -0.173. The number of ether oxygens (including phenoxy) is 1. The second-order valence-electron chi connectivity index (χ2n) is 8.27. The van der Waals surface area contributed by atoms with Gasteiger partial charge in [-0.1, -0.05) is 36.4 Å². The number of aromatic nitrogens is 2. The molecule has 0 bridgehead atoms. The summed E-state index contributed by atoms with van der Waals surface area (Å²) in [6.45, 7) is 0.499. The molecule has 0 spiro atoms. The average molecular weight is 456 g/mol. The fraction of sp³-hybridized carbons (Fsp3) is 0.333. The maximum absolute atomic E-state index is 14.0. The molecule has 0 saturated heterocycles. The summed E-state index contributed by atoms with van der Waals surface area (Å²) in [5.74, 6) is 0.201. The molecule has 0 saturated carbocycles. The molecular weight excluding hydrogens is 433 g/mol. The van der Waals surface area contributed by atoms with Gasteiger partial charge in [-0.15, -0.1) is 0 Å². The first kappa shape index (κ1) is 21.4. The van der Waals surface area contributed by atoms with Gasteiger partial charge in [0, 0.05) is 24.2 Å². The third-order valence-corrected chi connectivity index (χ3v) is 6.34. The normalized spacial score (nSPS) is 19.9. The number of carbonyl (C=O) groups excluding carboxylic acids is 1. The third-order valence-electron chi connectivity index (χ3n) is 6.34. The fourth-order valence-corrected chi connectivity index (χ4v) is 4.77. The summed E-state index contributed by atoms with van der Waals surface area (Å²) in [6.07, 6.45) is -1.91. The monoisotopic (exact) mass is 456 g/mol. The molecular formula is C24H23F3N4O2. The van der Waals surface area contributed by atoms with E-state index in [0.29, 0.717) is 17.9 Å². The molecule has 2 aliphatic rings. The number of amides is 1. The van der Waals surface area contributed by atoms with Crippen molar-refractivity contribution in [2.24, 2.45) is 0 Å². The van der Waals surface area contributed by atoms with E-state index in [-0.39, 0.29) is 23.7 Å². The maximum Gasteiger partial charge on any atom is 0.410 e. The number of hydrogen-bond acceptors (Lipinski definition) is 4. The number of anilines is 2. The number of methoxy groups -OCH3 is 1. The Bertz CT molecular complexity index is 1190. The van der Waals surface area contributed by atoms with Gasteiger partial charge in [-0.3, -0.25) is 4.79 Å². The van der Waals surface area contributed by atoms with E-state index < -0.39 is 18.3 Å². The molecule has 2 aliphatic heterocycles. The van der Waals surface area contributed by atoms with E-state index in [4.69, 9.17) is 4.74 Å². The number of alkyl halides is 3. The number of para-hydroxylation sites is 2. The highest BCUT2D eigenvalue weighted by molar-refractivity contribution is 6.09. The number of carbonyl (C=O) groups is 1. The van der Waals surface area contributed by atoms with Crippen LogP contribution in [0.15, 0.2) is 54.7 Å². The highest BCUT2D eigenvalue weighted by atomic mass is 19.4. The fourth-order valence-electron chi connectivity index (χ4n) is 4.77. The lowest BCUT2D eigenvalue weighted by Gasteiger charge is -2.35. The maximum atomic E-state index is 14.0. The number of aryl methyl sites for hydroxylation is 1. The van der Waals surface area contributed by atoms with Crippen molar-refractivity contribution in [3.05, 3.63) is 71.4 Å². The van der Waals surface area contributed by atoms with E-state index in [9.17, 15) is 18.0 Å². The van der Waals surface area contributed by atoms with Crippen LogP contribution >= 0.6 is 0 Å². The van der Waals surface area contributed by atoms with Gasteiger partial charge in [0.15, 0.2) is 6.04 Å². The van der Waals surface area contributed by atoms with E-state index in [1.54, 1.807) is 29.2 Å². The third kappa shape index (κ3) is 3.71. The van der Waals surface area contributed by atoms with Crippen molar-refractivity contribution in [1.29, 1.82) is 0 Å². The van der Waals surface area contributed by atoms with Crippen LogP contribution in [-0.2, 0) is 6.42 Å². The molecule has 9 heteroatoms. The predicted octanol–water partition coefficient (Wildman–Crippen LogP) is 5.15. The van der Waals surface area contributed by atoms with Gasteiger partial charge < -0.3 is 15.0 Å². The van der Waals surface area contributed by atoms with Crippen LogP contribution in [0.1, 0.15) is 46.4 Å². The Morgan fingerprint density at radius 3 is 2.70 bits per heavy atom. The van der Waals surface area contributed by atoms with Crippen LogP contribution in [0.2, 0.25) is 0 Å². The first-order valence-corrected chi connectivity index (χ1v) is 10.8. The Kier molecular flexibility index (Phi) is 5.26. The smallest absolute Gasteiger partial charge is 0.410 e. The van der Waals surface area contributed by atoms with Gasteiger partial charge >= 0.3 is 6.18 Å². The zero-order valence-corrected chi connectivity index (χ0v) is 18.0. The standard InChI is InChI=1S/C24H23F3N4O2/c1-33-20-11-5-3-9-16(20)18-13-21(24(25,26)27)31-22(29-18)17(14-28-31)23(32)30-12-6-8-15-7-2-4-10-19(15)30/h2-5,7,9-11,14,18,21,29H,6,8,12-13H2,1H3/t18-,21+/m1/s1. The van der Waals surface area contributed by atoms with Crippen LogP contribution in [0, 0.1) is 0 Å². The molecule has 2 atom stereocenters. The van der Waals surface area contributed by atoms with Crippen molar-refractivity contribution >= 4 is 17.4 Å². The highest BCUT2D eigenvalue weighted by Crippen LogP contribution is 2.46. The largest absolute Gasteiger partial charge is 0.496 e. The summed E-state index contributed by atoms with van der Waals surface area (Å²) in [6, 6.07) is 12.0. The lowest BCUT2D eigenvalue weighted by Crippen LogP contribution is -2.38. The molecule has 6 nitrogen and oxygen atoms in total. The van der Waals surface area contributed by atoms with Gasteiger partial charge in [-0.25, -0.2) is 4.68 Å². The zero-order chi connectivity index (χ0) is 23.2. The van der Waals surface area contributed by atoms with Crippen LogP contribution in [0.5, 0.6) is 5.75 Å². The van der Waals surface area contributed by atoms with Gasteiger partial charge in [0.05, 0.1) is 19.3 Å². The van der Waals surface area contributed by atoms with Crippen molar-refractivity contribution in [2.75, 3.05) is 23.9 Å². The molecule has 0 unspecified atom stereocenters. The minimum Gasteiger partial charge on any atom is -0.496 e. The molecule has 5 rings (SSSR count). The topological polar surface area (TPSA) is 59.4 Å². The molecule has 0 aliphatic carbocycles. The number of hydrogen-bond donors (Lipinski definition) is 1. The molecule has 172 valence electrons. The summed E-state index contributed by atoms with van der Waals surface area (Å²) < 4.78 is 48.4. The molecule has 0 fully saturated rings. The Balaban J connectivity index is 1.56. The van der Waals surface area contributed by atoms with Crippen LogP contribution in [-0.4, -0.2) is 35.5 Å². The number of rotatable bonds is 3. The second-order valence-corrected chi connectivity index (χ2v) is 8.27. The van der Waals surface area contributed by atoms with Crippen molar-refractivity contribution < 1.29 is 22.7 Å².